The first kappa shape index (κ1) is 23.7. The highest BCUT2D eigenvalue weighted by atomic mass is 19.4. The van der Waals surface area contributed by atoms with Gasteiger partial charge in [-0.3, -0.25) is 4.79 Å². The third-order valence-corrected chi connectivity index (χ3v) is 7.14. The second kappa shape index (κ2) is 9.22. The third-order valence-electron chi connectivity index (χ3n) is 7.14. The number of rotatable bonds is 5. The molecule has 3 aromatic rings. The van der Waals surface area contributed by atoms with Crippen molar-refractivity contribution in [3.05, 3.63) is 65.4 Å². The largest absolute Gasteiger partial charge is 0.490 e. The molecule has 5 nitrogen and oxygen atoms in total. The molecule has 0 spiro atoms. The number of likely N-dealkylation sites (tertiary alicyclic amines) is 1. The summed E-state index contributed by atoms with van der Waals surface area (Å²) in [5, 5.41) is 0.960. The van der Waals surface area contributed by atoms with Crippen LogP contribution >= 0.6 is 0 Å². The van der Waals surface area contributed by atoms with E-state index in [2.05, 4.69) is 18.7 Å². The molecule has 5 rings (SSSR count). The number of carbonyl (C=O) groups excluding carboxylic acids is 1. The summed E-state index contributed by atoms with van der Waals surface area (Å²) in [7, 11) is 0. The smallest absolute Gasteiger partial charge is 0.416 e. The summed E-state index contributed by atoms with van der Waals surface area (Å²) in [6, 6.07) is 13.4. The van der Waals surface area contributed by atoms with Crippen LogP contribution in [0.4, 0.5) is 13.2 Å². The molecule has 0 bridgehead atoms. The molecule has 0 atom stereocenters. The standard InChI is InChI=1S/C27H30F3N3O2/c1-18(2)31-11-9-22(10-12-31)35-23-7-8-24-20(15-23)16-25-26(34)32(13-14-33(24)25)17-19-3-5-21(6-4-19)27(28,29)30/h3-8,15-16,18,22H,9-14,17H2,1-2H3. The first-order valence-electron chi connectivity index (χ1n) is 12.2. The van der Waals surface area contributed by atoms with Gasteiger partial charge in [0.2, 0.25) is 0 Å². The zero-order chi connectivity index (χ0) is 24.7. The second-order valence-electron chi connectivity index (χ2n) is 9.77. The van der Waals surface area contributed by atoms with Gasteiger partial charge in [-0.1, -0.05) is 12.1 Å². The molecule has 0 saturated carbocycles. The van der Waals surface area contributed by atoms with Crippen molar-refractivity contribution < 1.29 is 22.7 Å². The van der Waals surface area contributed by atoms with Gasteiger partial charge in [0.1, 0.15) is 17.5 Å². The minimum absolute atomic E-state index is 0.115. The van der Waals surface area contributed by atoms with Crippen molar-refractivity contribution in [2.75, 3.05) is 19.6 Å². The van der Waals surface area contributed by atoms with Gasteiger partial charge < -0.3 is 19.1 Å². The van der Waals surface area contributed by atoms with Crippen molar-refractivity contribution in [1.82, 2.24) is 14.4 Å². The summed E-state index contributed by atoms with van der Waals surface area (Å²) >= 11 is 0. The summed E-state index contributed by atoms with van der Waals surface area (Å²) in [5.74, 6) is 0.702. The molecule has 3 heterocycles. The van der Waals surface area contributed by atoms with Gasteiger partial charge in [0.05, 0.1) is 5.56 Å². The molecular weight excluding hydrogens is 455 g/mol. The Morgan fingerprint density at radius 1 is 0.971 bits per heavy atom. The van der Waals surface area contributed by atoms with E-state index in [0.717, 1.165) is 54.7 Å². The number of nitrogens with zero attached hydrogens (tertiary/aromatic N) is 3. The van der Waals surface area contributed by atoms with Gasteiger partial charge in [-0.25, -0.2) is 0 Å². The van der Waals surface area contributed by atoms with E-state index in [1.807, 2.05) is 28.8 Å². The number of benzene rings is 2. The van der Waals surface area contributed by atoms with Gasteiger partial charge in [0, 0.05) is 49.7 Å². The van der Waals surface area contributed by atoms with E-state index in [9.17, 15) is 18.0 Å². The zero-order valence-electron chi connectivity index (χ0n) is 20.0. The number of fused-ring (bicyclic) bond motifs is 3. The molecule has 1 fully saturated rings. The number of alkyl halides is 3. The van der Waals surface area contributed by atoms with Crippen molar-refractivity contribution in [1.29, 1.82) is 0 Å². The maximum Gasteiger partial charge on any atom is 0.416 e. The maximum absolute atomic E-state index is 13.2. The number of halogens is 3. The average Bonchev–Trinajstić information content (AvgIpc) is 3.20. The minimum atomic E-state index is -4.37. The fourth-order valence-electron chi connectivity index (χ4n) is 5.10. The number of carbonyl (C=O) groups is 1. The molecular formula is C27H30F3N3O2. The Morgan fingerprint density at radius 2 is 1.69 bits per heavy atom. The topological polar surface area (TPSA) is 37.7 Å². The number of amides is 1. The van der Waals surface area contributed by atoms with Gasteiger partial charge in [-0.2, -0.15) is 13.2 Å². The van der Waals surface area contributed by atoms with Crippen LogP contribution in [-0.4, -0.2) is 52.1 Å². The Morgan fingerprint density at radius 3 is 2.34 bits per heavy atom. The summed E-state index contributed by atoms with van der Waals surface area (Å²) in [6.45, 7) is 7.93. The van der Waals surface area contributed by atoms with Gasteiger partial charge in [0.15, 0.2) is 0 Å². The Labute approximate surface area is 203 Å². The number of piperidine rings is 1. The lowest BCUT2D eigenvalue weighted by atomic mass is 10.1. The average molecular weight is 486 g/mol. The van der Waals surface area contributed by atoms with Crippen LogP contribution in [0, 0.1) is 0 Å². The van der Waals surface area contributed by atoms with E-state index in [1.165, 1.54) is 12.1 Å². The molecule has 0 N–H and O–H groups in total. The Hall–Kier alpha value is -3.00. The molecule has 0 unspecified atom stereocenters. The van der Waals surface area contributed by atoms with Crippen molar-refractivity contribution >= 4 is 16.8 Å². The van der Waals surface area contributed by atoms with Crippen LogP contribution in [0.1, 0.15) is 48.3 Å². The highest BCUT2D eigenvalue weighted by molar-refractivity contribution is 5.99. The highest BCUT2D eigenvalue weighted by Gasteiger charge is 2.31. The van der Waals surface area contributed by atoms with Crippen LogP contribution in [0.3, 0.4) is 0 Å². The summed E-state index contributed by atoms with van der Waals surface area (Å²) < 4.78 is 46.8. The SMILES string of the molecule is CC(C)N1CCC(Oc2ccc3c(c2)cc2n3CCN(Cc3ccc(C(F)(F)F)cc3)C2=O)CC1. The van der Waals surface area contributed by atoms with Crippen LogP contribution in [0.5, 0.6) is 5.75 Å². The molecule has 2 aliphatic heterocycles. The molecule has 1 saturated heterocycles. The van der Waals surface area contributed by atoms with Gasteiger partial charge in [0.25, 0.3) is 5.91 Å². The fraction of sp³-hybridized carbons (Fsp3) is 0.444. The van der Waals surface area contributed by atoms with Crippen molar-refractivity contribution in [3.63, 3.8) is 0 Å². The maximum atomic E-state index is 13.2. The van der Waals surface area contributed by atoms with Gasteiger partial charge in [-0.05, 0) is 68.7 Å². The molecule has 1 amide bonds. The third kappa shape index (κ3) is 4.89. The lowest BCUT2D eigenvalue weighted by Gasteiger charge is -2.34. The molecule has 2 aromatic carbocycles. The molecule has 0 radical (unpaired) electrons. The number of hydrogen-bond donors (Lipinski definition) is 0. The van der Waals surface area contributed by atoms with E-state index in [-0.39, 0.29) is 18.6 Å². The molecule has 186 valence electrons. The first-order chi connectivity index (χ1) is 16.7. The molecule has 2 aliphatic rings. The van der Waals surface area contributed by atoms with Crippen LogP contribution in [0.15, 0.2) is 48.5 Å². The minimum Gasteiger partial charge on any atom is -0.490 e. The molecule has 1 aromatic heterocycles. The summed E-state index contributed by atoms with van der Waals surface area (Å²) in [6.07, 6.45) is -2.17. The van der Waals surface area contributed by atoms with Crippen molar-refractivity contribution in [2.24, 2.45) is 0 Å². The Bertz CT molecular complexity index is 1210. The van der Waals surface area contributed by atoms with Crippen LogP contribution in [0.25, 0.3) is 10.9 Å². The monoisotopic (exact) mass is 485 g/mol. The number of hydrogen-bond acceptors (Lipinski definition) is 3. The Balaban J connectivity index is 1.28. The lowest BCUT2D eigenvalue weighted by molar-refractivity contribution is -0.137. The van der Waals surface area contributed by atoms with Crippen LogP contribution in [0.2, 0.25) is 0 Å². The van der Waals surface area contributed by atoms with E-state index in [0.29, 0.717) is 30.4 Å². The predicted molar refractivity (Wildman–Crippen MR) is 128 cm³/mol. The second-order valence-corrected chi connectivity index (χ2v) is 9.77. The zero-order valence-corrected chi connectivity index (χ0v) is 20.0. The van der Waals surface area contributed by atoms with E-state index < -0.39 is 11.7 Å². The van der Waals surface area contributed by atoms with E-state index in [4.69, 9.17) is 4.74 Å². The summed E-state index contributed by atoms with van der Waals surface area (Å²) in [5.41, 5.74) is 1.58. The first-order valence-corrected chi connectivity index (χ1v) is 12.2. The summed E-state index contributed by atoms with van der Waals surface area (Å²) in [4.78, 5) is 17.4. The Kier molecular flexibility index (Phi) is 6.25. The van der Waals surface area contributed by atoms with Crippen LogP contribution < -0.4 is 4.74 Å². The van der Waals surface area contributed by atoms with Crippen molar-refractivity contribution in [2.45, 2.75) is 58.1 Å². The van der Waals surface area contributed by atoms with Gasteiger partial charge >= 0.3 is 6.18 Å². The highest BCUT2D eigenvalue weighted by Crippen LogP contribution is 2.31. The molecule has 0 aliphatic carbocycles. The van der Waals surface area contributed by atoms with Gasteiger partial charge in [-0.15, -0.1) is 0 Å². The number of aromatic nitrogens is 1. The van der Waals surface area contributed by atoms with E-state index >= 15 is 0 Å². The lowest BCUT2D eigenvalue weighted by Crippen LogP contribution is -2.41. The fourth-order valence-corrected chi connectivity index (χ4v) is 5.10. The molecule has 35 heavy (non-hydrogen) atoms. The molecule has 8 heteroatoms. The van der Waals surface area contributed by atoms with Crippen molar-refractivity contribution in [3.8, 4) is 5.75 Å². The number of ether oxygens (including phenoxy) is 1. The quantitative estimate of drug-likeness (QED) is 0.474. The van der Waals surface area contributed by atoms with E-state index in [1.54, 1.807) is 4.90 Å². The predicted octanol–water partition coefficient (Wildman–Crippen LogP) is 5.57. The van der Waals surface area contributed by atoms with Crippen LogP contribution in [-0.2, 0) is 19.3 Å². The normalized spacial score (nSPS) is 17.9.